The van der Waals surface area contributed by atoms with E-state index in [2.05, 4.69) is 54.1 Å². The highest BCUT2D eigenvalue weighted by molar-refractivity contribution is 5.99. The van der Waals surface area contributed by atoms with Crippen LogP contribution in [-0.4, -0.2) is 11.5 Å². The summed E-state index contributed by atoms with van der Waals surface area (Å²) in [6, 6.07) is 16.5. The van der Waals surface area contributed by atoms with E-state index < -0.39 is 0 Å². The average Bonchev–Trinajstić information content (AvgIpc) is 2.51. The molecule has 2 aromatic carbocycles. The molecule has 3 aromatic rings. The van der Waals surface area contributed by atoms with E-state index in [0.717, 1.165) is 28.8 Å². The molecule has 0 saturated heterocycles. The second-order valence-electron chi connectivity index (χ2n) is 5.16. The Kier molecular flexibility index (Phi) is 3.48. The van der Waals surface area contributed by atoms with Crippen molar-refractivity contribution in [2.75, 3.05) is 17.2 Å². The van der Waals surface area contributed by atoms with Crippen LogP contribution in [0.1, 0.15) is 12.5 Å². The number of nitrogens with zero attached hydrogens (tertiary/aromatic N) is 2. The zero-order valence-electron chi connectivity index (χ0n) is 12.4. The molecule has 3 nitrogen and oxygen atoms in total. The predicted molar refractivity (Wildman–Crippen MR) is 90.0 cm³/mol. The van der Waals surface area contributed by atoms with Crippen LogP contribution in [0.4, 0.5) is 17.1 Å². The summed E-state index contributed by atoms with van der Waals surface area (Å²) in [4.78, 5) is 6.80. The van der Waals surface area contributed by atoms with Crippen molar-refractivity contribution in [3.05, 3.63) is 60.3 Å². The van der Waals surface area contributed by atoms with Gasteiger partial charge in [-0.2, -0.15) is 0 Å². The van der Waals surface area contributed by atoms with Crippen LogP contribution in [0.25, 0.3) is 10.9 Å². The zero-order chi connectivity index (χ0) is 14.8. The smallest absolute Gasteiger partial charge is 0.0959 e. The van der Waals surface area contributed by atoms with Crippen LogP contribution in [-0.2, 0) is 0 Å². The van der Waals surface area contributed by atoms with Crippen molar-refractivity contribution in [1.29, 1.82) is 0 Å². The summed E-state index contributed by atoms with van der Waals surface area (Å²) in [6.07, 6.45) is 1.81. The van der Waals surface area contributed by atoms with E-state index in [-0.39, 0.29) is 0 Å². The van der Waals surface area contributed by atoms with Gasteiger partial charge in [0.25, 0.3) is 0 Å². The van der Waals surface area contributed by atoms with E-state index >= 15 is 0 Å². The highest BCUT2D eigenvalue weighted by atomic mass is 15.1. The molecule has 0 bridgehead atoms. The molecule has 0 fully saturated rings. The van der Waals surface area contributed by atoms with Crippen LogP contribution in [0.2, 0.25) is 0 Å². The summed E-state index contributed by atoms with van der Waals surface area (Å²) < 4.78 is 0. The summed E-state index contributed by atoms with van der Waals surface area (Å²) in [6.45, 7) is 5.13. The van der Waals surface area contributed by atoms with Crippen molar-refractivity contribution >= 4 is 28.0 Å². The van der Waals surface area contributed by atoms with E-state index in [9.17, 15) is 0 Å². The fraction of sp³-hybridized carbons (Fsp3) is 0.167. The van der Waals surface area contributed by atoms with E-state index in [1.807, 2.05) is 24.4 Å². The second-order valence-corrected chi connectivity index (χ2v) is 5.16. The first-order chi connectivity index (χ1) is 10.2. The molecule has 21 heavy (non-hydrogen) atoms. The standard InChI is InChI=1S/C18H19N3/c1-3-21(14-7-4-6-13(2)12-14)17-10-9-16(19)15-8-5-11-20-18(15)17/h4-12H,3,19H2,1-2H3. The molecular weight excluding hydrogens is 258 g/mol. The number of fused-ring (bicyclic) bond motifs is 1. The first-order valence-electron chi connectivity index (χ1n) is 7.18. The van der Waals surface area contributed by atoms with E-state index in [1.165, 1.54) is 11.3 Å². The van der Waals surface area contributed by atoms with Gasteiger partial charge < -0.3 is 10.6 Å². The Balaban J connectivity index is 2.20. The second kappa shape index (κ2) is 5.44. The number of aromatic nitrogens is 1. The van der Waals surface area contributed by atoms with Crippen molar-refractivity contribution in [2.45, 2.75) is 13.8 Å². The largest absolute Gasteiger partial charge is 0.398 e. The van der Waals surface area contributed by atoms with Crippen molar-refractivity contribution in [3.63, 3.8) is 0 Å². The van der Waals surface area contributed by atoms with E-state index in [4.69, 9.17) is 5.73 Å². The number of nitrogen functional groups attached to an aromatic ring is 1. The lowest BCUT2D eigenvalue weighted by atomic mass is 10.1. The van der Waals surface area contributed by atoms with Crippen LogP contribution >= 0.6 is 0 Å². The van der Waals surface area contributed by atoms with Gasteiger partial charge in [-0.15, -0.1) is 0 Å². The van der Waals surface area contributed by atoms with Gasteiger partial charge in [0.2, 0.25) is 0 Å². The summed E-state index contributed by atoms with van der Waals surface area (Å²) in [7, 11) is 0. The molecular formula is C18H19N3. The van der Waals surface area contributed by atoms with Crippen molar-refractivity contribution < 1.29 is 0 Å². The topological polar surface area (TPSA) is 42.1 Å². The zero-order valence-corrected chi connectivity index (χ0v) is 12.4. The first-order valence-corrected chi connectivity index (χ1v) is 7.18. The highest BCUT2D eigenvalue weighted by Gasteiger charge is 2.13. The van der Waals surface area contributed by atoms with E-state index in [0.29, 0.717) is 0 Å². The molecule has 106 valence electrons. The number of aryl methyl sites for hydroxylation is 1. The lowest BCUT2D eigenvalue weighted by Crippen LogP contribution is -2.16. The Bertz CT molecular complexity index is 780. The maximum atomic E-state index is 6.07. The maximum absolute atomic E-state index is 6.07. The van der Waals surface area contributed by atoms with Gasteiger partial charge >= 0.3 is 0 Å². The Labute approximate surface area is 125 Å². The maximum Gasteiger partial charge on any atom is 0.0959 e. The minimum absolute atomic E-state index is 0.766. The molecule has 0 aliphatic rings. The molecule has 0 saturated carbocycles. The van der Waals surface area contributed by atoms with Crippen LogP contribution in [0, 0.1) is 6.92 Å². The fourth-order valence-electron chi connectivity index (χ4n) is 2.69. The molecule has 2 N–H and O–H groups in total. The van der Waals surface area contributed by atoms with Crippen LogP contribution < -0.4 is 10.6 Å². The van der Waals surface area contributed by atoms with Gasteiger partial charge in [-0.05, 0) is 55.8 Å². The molecule has 3 rings (SSSR count). The molecule has 0 spiro atoms. The summed E-state index contributed by atoms with van der Waals surface area (Å²) >= 11 is 0. The number of anilines is 3. The van der Waals surface area contributed by atoms with Crippen molar-refractivity contribution in [3.8, 4) is 0 Å². The normalized spacial score (nSPS) is 10.8. The van der Waals surface area contributed by atoms with E-state index in [1.54, 1.807) is 0 Å². The van der Waals surface area contributed by atoms with Gasteiger partial charge in [0, 0.05) is 29.5 Å². The average molecular weight is 277 g/mol. The minimum atomic E-state index is 0.766. The molecule has 0 unspecified atom stereocenters. The Morgan fingerprint density at radius 1 is 1.10 bits per heavy atom. The van der Waals surface area contributed by atoms with Crippen LogP contribution in [0.5, 0.6) is 0 Å². The van der Waals surface area contributed by atoms with Crippen LogP contribution in [0.15, 0.2) is 54.7 Å². The molecule has 0 atom stereocenters. The van der Waals surface area contributed by atoms with Gasteiger partial charge in [-0.25, -0.2) is 0 Å². The Morgan fingerprint density at radius 3 is 2.71 bits per heavy atom. The molecule has 3 heteroatoms. The molecule has 1 aromatic heterocycles. The lowest BCUT2D eigenvalue weighted by molar-refractivity contribution is 1.02. The molecule has 0 aliphatic heterocycles. The molecule has 1 heterocycles. The lowest BCUT2D eigenvalue weighted by Gasteiger charge is -2.25. The van der Waals surface area contributed by atoms with Crippen LogP contribution in [0.3, 0.4) is 0 Å². The summed E-state index contributed by atoms with van der Waals surface area (Å²) in [5.74, 6) is 0. The highest BCUT2D eigenvalue weighted by Crippen LogP contribution is 2.33. The number of nitrogens with two attached hydrogens (primary N) is 1. The van der Waals surface area contributed by atoms with Gasteiger partial charge in [0.15, 0.2) is 0 Å². The fourth-order valence-corrected chi connectivity index (χ4v) is 2.69. The SMILES string of the molecule is CCN(c1cccc(C)c1)c1ccc(N)c2cccnc12. The van der Waals surface area contributed by atoms with Gasteiger partial charge in [-0.1, -0.05) is 12.1 Å². The Hall–Kier alpha value is -2.55. The number of hydrogen-bond acceptors (Lipinski definition) is 3. The van der Waals surface area contributed by atoms with Gasteiger partial charge in [-0.3, -0.25) is 4.98 Å². The number of pyridine rings is 1. The quantitative estimate of drug-likeness (QED) is 0.726. The third-order valence-electron chi connectivity index (χ3n) is 3.70. The summed E-state index contributed by atoms with van der Waals surface area (Å²) in [5, 5.41) is 1.00. The number of rotatable bonds is 3. The molecule has 0 radical (unpaired) electrons. The molecule has 0 aliphatic carbocycles. The monoisotopic (exact) mass is 277 g/mol. The first kappa shape index (κ1) is 13.4. The third-order valence-corrected chi connectivity index (χ3v) is 3.70. The summed E-state index contributed by atoms with van der Waals surface area (Å²) in [5.41, 5.74) is 11.3. The number of hydrogen-bond donors (Lipinski definition) is 1. The predicted octanol–water partition coefficient (Wildman–Crippen LogP) is 4.28. The van der Waals surface area contributed by atoms with Gasteiger partial charge in [0.1, 0.15) is 0 Å². The third kappa shape index (κ3) is 2.42. The number of benzene rings is 2. The van der Waals surface area contributed by atoms with Gasteiger partial charge in [0.05, 0.1) is 11.2 Å². The van der Waals surface area contributed by atoms with Crippen molar-refractivity contribution in [2.24, 2.45) is 0 Å². The van der Waals surface area contributed by atoms with Crippen molar-refractivity contribution in [1.82, 2.24) is 4.98 Å². The molecule has 0 amide bonds. The Morgan fingerprint density at radius 2 is 1.95 bits per heavy atom. The minimum Gasteiger partial charge on any atom is -0.398 e.